The van der Waals surface area contributed by atoms with Gasteiger partial charge in [-0.25, -0.2) is 0 Å². The van der Waals surface area contributed by atoms with Gasteiger partial charge < -0.3 is 5.73 Å². The molecule has 0 aliphatic rings. The number of hydrogen-bond donors (Lipinski definition) is 1. The number of allylic oxidation sites excluding steroid dienone is 1. The van der Waals surface area contributed by atoms with Crippen molar-refractivity contribution in [2.24, 2.45) is 5.73 Å². The first-order valence-electron chi connectivity index (χ1n) is 4.95. The third-order valence-corrected chi connectivity index (χ3v) is 4.39. The van der Waals surface area contributed by atoms with Gasteiger partial charge in [-0.05, 0) is 17.7 Å². The van der Waals surface area contributed by atoms with E-state index in [1.165, 1.54) is 10.8 Å². The van der Waals surface area contributed by atoms with Crippen molar-refractivity contribution >= 4 is 13.3 Å². The van der Waals surface area contributed by atoms with Gasteiger partial charge in [-0.3, -0.25) is 0 Å². The molecule has 1 nitrogen and oxygen atoms in total. The Labute approximate surface area is 87.7 Å². The first kappa shape index (κ1) is 11.1. The fraction of sp³-hybridized carbons (Fsp3) is 0.333. The average Bonchev–Trinajstić information content (AvgIpc) is 2.02. The molecule has 0 saturated heterocycles. The topological polar surface area (TPSA) is 26.0 Å². The minimum absolute atomic E-state index is 0.968. The summed E-state index contributed by atoms with van der Waals surface area (Å²) in [5, 5.41) is 1.37. The molecule has 0 amide bonds. The molecule has 0 atom stereocenters. The monoisotopic (exact) mass is 205 g/mol. The summed E-state index contributed by atoms with van der Waals surface area (Å²) in [5.41, 5.74) is 8.22. The van der Waals surface area contributed by atoms with E-state index in [0.717, 1.165) is 5.70 Å². The molecule has 0 saturated carbocycles. The summed E-state index contributed by atoms with van der Waals surface area (Å²) < 4.78 is 0. The molecule has 0 fully saturated rings. The van der Waals surface area contributed by atoms with Crippen LogP contribution in [0.25, 0.3) is 5.20 Å². The van der Waals surface area contributed by atoms with E-state index in [1.54, 1.807) is 0 Å². The molecular formula is C12H19NSi. The third-order valence-electron chi connectivity index (χ3n) is 2.21. The zero-order chi connectivity index (χ0) is 10.8. The van der Waals surface area contributed by atoms with Crippen LogP contribution in [-0.4, -0.2) is 8.07 Å². The van der Waals surface area contributed by atoms with Crippen molar-refractivity contribution < 1.29 is 0 Å². The maximum atomic E-state index is 5.97. The number of rotatable bonds is 2. The lowest BCUT2D eigenvalue weighted by Gasteiger charge is -2.22. The predicted molar refractivity (Wildman–Crippen MR) is 66.6 cm³/mol. The molecule has 14 heavy (non-hydrogen) atoms. The molecule has 76 valence electrons. The molecule has 0 heterocycles. The van der Waals surface area contributed by atoms with Crippen molar-refractivity contribution in [1.29, 1.82) is 0 Å². The molecule has 0 radical (unpaired) electrons. The summed E-state index contributed by atoms with van der Waals surface area (Å²) in [6.07, 6.45) is 0. The minimum atomic E-state index is -1.34. The van der Waals surface area contributed by atoms with Crippen LogP contribution in [0.4, 0.5) is 0 Å². The first-order valence-corrected chi connectivity index (χ1v) is 8.45. The highest BCUT2D eigenvalue weighted by molar-refractivity contribution is 6.93. The Bertz CT molecular complexity index is 329. The molecule has 0 spiro atoms. The van der Waals surface area contributed by atoms with Gasteiger partial charge in [0.1, 0.15) is 0 Å². The molecule has 1 aromatic rings. The van der Waals surface area contributed by atoms with Crippen LogP contribution < -0.4 is 5.73 Å². The second-order valence-electron chi connectivity index (χ2n) is 4.67. The normalized spacial score (nSPS) is 13.7. The zero-order valence-electron chi connectivity index (χ0n) is 9.46. The predicted octanol–water partition coefficient (Wildman–Crippen LogP) is 3.25. The summed E-state index contributed by atoms with van der Waals surface area (Å²) in [4.78, 5) is 0. The first-order chi connectivity index (χ1) is 6.43. The van der Waals surface area contributed by atoms with E-state index in [0.29, 0.717) is 0 Å². The molecule has 0 aromatic heterocycles. The lowest BCUT2D eigenvalue weighted by Crippen LogP contribution is -2.25. The van der Waals surface area contributed by atoms with Gasteiger partial charge in [-0.15, -0.1) is 0 Å². The molecule has 0 bridgehead atoms. The van der Waals surface area contributed by atoms with E-state index >= 15 is 0 Å². The van der Waals surface area contributed by atoms with Crippen molar-refractivity contribution in [2.45, 2.75) is 26.6 Å². The molecule has 0 aliphatic carbocycles. The van der Waals surface area contributed by atoms with Gasteiger partial charge >= 0.3 is 0 Å². The molecule has 2 N–H and O–H groups in total. The molecule has 2 heteroatoms. The number of hydrogen-bond acceptors (Lipinski definition) is 1. The lowest BCUT2D eigenvalue weighted by molar-refractivity contribution is 1.32. The molecule has 0 unspecified atom stereocenters. The van der Waals surface area contributed by atoms with E-state index in [2.05, 4.69) is 43.9 Å². The Morgan fingerprint density at radius 1 is 1.07 bits per heavy atom. The van der Waals surface area contributed by atoms with Crippen molar-refractivity contribution in [2.75, 3.05) is 0 Å². The van der Waals surface area contributed by atoms with Gasteiger partial charge in [-0.1, -0.05) is 50.0 Å². The molecule has 1 rings (SSSR count). The quantitative estimate of drug-likeness (QED) is 0.737. The van der Waals surface area contributed by atoms with Crippen molar-refractivity contribution in [3.8, 4) is 0 Å². The Balaban J connectivity index is 3.24. The Morgan fingerprint density at radius 2 is 1.57 bits per heavy atom. The highest BCUT2D eigenvalue weighted by Crippen LogP contribution is 2.27. The largest absolute Gasteiger partial charge is 0.402 e. The zero-order valence-corrected chi connectivity index (χ0v) is 10.5. The summed E-state index contributed by atoms with van der Waals surface area (Å²) in [6.45, 7) is 8.98. The Kier molecular flexibility index (Phi) is 3.16. The van der Waals surface area contributed by atoms with E-state index < -0.39 is 8.07 Å². The van der Waals surface area contributed by atoms with Crippen molar-refractivity contribution in [3.63, 3.8) is 0 Å². The van der Waals surface area contributed by atoms with E-state index in [1.807, 2.05) is 13.0 Å². The van der Waals surface area contributed by atoms with Gasteiger partial charge in [0.15, 0.2) is 0 Å². The maximum Gasteiger partial charge on any atom is 0.0806 e. The van der Waals surface area contributed by atoms with Gasteiger partial charge in [0.2, 0.25) is 0 Å². The standard InChI is InChI=1S/C12H19NSi/c1-10(13)12(14(2,3)4)11-8-6-5-7-9-11/h5-9H,13H2,1-4H3. The van der Waals surface area contributed by atoms with Gasteiger partial charge in [0, 0.05) is 5.70 Å². The van der Waals surface area contributed by atoms with Crippen molar-refractivity contribution in [3.05, 3.63) is 41.6 Å². The maximum absolute atomic E-state index is 5.97. The second-order valence-corrected chi connectivity index (χ2v) is 9.67. The van der Waals surface area contributed by atoms with E-state index in [9.17, 15) is 0 Å². The highest BCUT2D eigenvalue weighted by Gasteiger charge is 2.22. The van der Waals surface area contributed by atoms with Crippen LogP contribution >= 0.6 is 0 Å². The van der Waals surface area contributed by atoms with Crippen LogP contribution in [0, 0.1) is 0 Å². The average molecular weight is 205 g/mol. The minimum Gasteiger partial charge on any atom is -0.402 e. The van der Waals surface area contributed by atoms with Crippen LogP contribution in [-0.2, 0) is 0 Å². The van der Waals surface area contributed by atoms with Crippen LogP contribution in [0.15, 0.2) is 36.0 Å². The van der Waals surface area contributed by atoms with Crippen LogP contribution in [0.2, 0.25) is 19.6 Å². The Hall–Kier alpha value is -1.02. The second kappa shape index (κ2) is 4.01. The number of nitrogens with two attached hydrogens (primary N) is 1. The SMILES string of the molecule is CC(N)=C(c1ccccc1)[Si](C)(C)C. The van der Waals surface area contributed by atoms with Gasteiger partial charge in [0.05, 0.1) is 8.07 Å². The molecular weight excluding hydrogens is 186 g/mol. The summed E-state index contributed by atoms with van der Waals surface area (Å²) in [6, 6.07) is 10.5. The third kappa shape index (κ3) is 2.48. The number of benzene rings is 1. The van der Waals surface area contributed by atoms with Crippen LogP contribution in [0.5, 0.6) is 0 Å². The summed E-state index contributed by atoms with van der Waals surface area (Å²) in [5.74, 6) is 0. The molecule has 0 aliphatic heterocycles. The Morgan fingerprint density at radius 3 is 1.93 bits per heavy atom. The lowest BCUT2D eigenvalue weighted by atomic mass is 10.2. The van der Waals surface area contributed by atoms with E-state index in [4.69, 9.17) is 5.73 Å². The highest BCUT2D eigenvalue weighted by atomic mass is 28.3. The van der Waals surface area contributed by atoms with Gasteiger partial charge in [-0.2, -0.15) is 0 Å². The summed E-state index contributed by atoms with van der Waals surface area (Å²) >= 11 is 0. The fourth-order valence-corrected chi connectivity index (χ4v) is 4.07. The summed E-state index contributed by atoms with van der Waals surface area (Å²) in [7, 11) is -1.34. The van der Waals surface area contributed by atoms with Gasteiger partial charge in [0.25, 0.3) is 0 Å². The van der Waals surface area contributed by atoms with Crippen LogP contribution in [0.3, 0.4) is 0 Å². The molecule has 1 aromatic carbocycles. The van der Waals surface area contributed by atoms with Crippen LogP contribution in [0.1, 0.15) is 12.5 Å². The van der Waals surface area contributed by atoms with Crippen molar-refractivity contribution in [1.82, 2.24) is 0 Å². The fourth-order valence-electron chi connectivity index (χ4n) is 1.86. The van der Waals surface area contributed by atoms with E-state index in [-0.39, 0.29) is 0 Å². The smallest absolute Gasteiger partial charge is 0.0806 e.